The summed E-state index contributed by atoms with van der Waals surface area (Å²) in [4.78, 5) is 20.7. The SMILES string of the molecule is CNS(=O)(=O)N(CC(N)=O)CC(=O)O. The molecule has 0 unspecified atom stereocenters. The van der Waals surface area contributed by atoms with Gasteiger partial charge in [0, 0.05) is 7.05 Å². The Bertz CT molecular complexity index is 308. The maximum atomic E-state index is 11.1. The van der Waals surface area contributed by atoms with Gasteiger partial charge in [0.2, 0.25) is 5.91 Å². The Morgan fingerprint density at radius 2 is 1.93 bits per heavy atom. The second kappa shape index (κ2) is 4.88. The largest absolute Gasteiger partial charge is 0.480 e. The fraction of sp³-hybridized carbons (Fsp3) is 0.600. The first-order chi connectivity index (χ1) is 6.29. The van der Waals surface area contributed by atoms with Crippen LogP contribution >= 0.6 is 0 Å². The molecule has 0 aromatic carbocycles. The molecule has 0 bridgehead atoms. The lowest BCUT2D eigenvalue weighted by Gasteiger charge is -2.17. The van der Waals surface area contributed by atoms with Crippen LogP contribution in [0.15, 0.2) is 0 Å². The van der Waals surface area contributed by atoms with Crippen LogP contribution < -0.4 is 10.5 Å². The van der Waals surface area contributed by atoms with Gasteiger partial charge in [-0.05, 0) is 0 Å². The molecule has 0 fully saturated rings. The molecular weight excluding hydrogens is 214 g/mol. The smallest absolute Gasteiger partial charge is 0.318 e. The third kappa shape index (κ3) is 4.16. The van der Waals surface area contributed by atoms with E-state index in [4.69, 9.17) is 10.8 Å². The molecule has 0 aliphatic rings. The topological polar surface area (TPSA) is 130 Å². The van der Waals surface area contributed by atoms with Crippen LogP contribution in [-0.2, 0) is 19.8 Å². The minimum absolute atomic E-state index is 0.428. The Hall–Kier alpha value is -1.19. The van der Waals surface area contributed by atoms with Gasteiger partial charge in [-0.1, -0.05) is 0 Å². The van der Waals surface area contributed by atoms with Crippen LogP contribution in [0.4, 0.5) is 0 Å². The van der Waals surface area contributed by atoms with Gasteiger partial charge < -0.3 is 10.8 Å². The summed E-state index contributed by atoms with van der Waals surface area (Å²) < 4.78 is 24.5. The van der Waals surface area contributed by atoms with Gasteiger partial charge >= 0.3 is 5.97 Å². The molecule has 0 rings (SSSR count). The number of nitrogens with two attached hydrogens (primary N) is 1. The molecule has 0 radical (unpaired) electrons. The number of rotatable bonds is 6. The Kier molecular flexibility index (Phi) is 4.47. The summed E-state index contributed by atoms with van der Waals surface area (Å²) in [5, 5.41) is 8.37. The number of nitrogens with one attached hydrogen (secondary N) is 1. The molecule has 0 aliphatic carbocycles. The zero-order valence-electron chi connectivity index (χ0n) is 7.43. The fourth-order valence-corrected chi connectivity index (χ4v) is 1.52. The Balaban J connectivity index is 4.72. The van der Waals surface area contributed by atoms with Gasteiger partial charge in [-0.3, -0.25) is 9.59 Å². The van der Waals surface area contributed by atoms with Gasteiger partial charge in [0.05, 0.1) is 6.54 Å². The van der Waals surface area contributed by atoms with E-state index in [-0.39, 0.29) is 0 Å². The summed E-state index contributed by atoms with van der Waals surface area (Å²) in [5.41, 5.74) is 4.75. The molecule has 82 valence electrons. The van der Waals surface area contributed by atoms with Crippen molar-refractivity contribution in [3.8, 4) is 0 Å². The minimum Gasteiger partial charge on any atom is -0.480 e. The lowest BCUT2D eigenvalue weighted by molar-refractivity contribution is -0.137. The van der Waals surface area contributed by atoms with Gasteiger partial charge in [0.15, 0.2) is 0 Å². The van der Waals surface area contributed by atoms with E-state index in [9.17, 15) is 18.0 Å². The van der Waals surface area contributed by atoms with Gasteiger partial charge in [-0.2, -0.15) is 12.7 Å². The minimum atomic E-state index is -3.95. The molecule has 0 saturated carbocycles. The predicted molar refractivity (Wildman–Crippen MR) is 46.4 cm³/mol. The van der Waals surface area contributed by atoms with Gasteiger partial charge in [-0.25, -0.2) is 4.72 Å². The standard InChI is InChI=1S/C5H11N3O5S/c1-7-14(12,13)8(2-4(6)9)3-5(10)11/h7H,2-3H2,1H3,(H2,6,9)(H,10,11). The molecule has 14 heavy (non-hydrogen) atoms. The normalized spacial score (nSPS) is 11.6. The molecule has 0 saturated heterocycles. The molecule has 0 heterocycles. The van der Waals surface area contributed by atoms with Crippen LogP contribution in [0.5, 0.6) is 0 Å². The highest BCUT2D eigenvalue weighted by atomic mass is 32.2. The quantitative estimate of drug-likeness (QED) is 0.453. The average Bonchev–Trinajstić information content (AvgIpc) is 2.01. The molecule has 9 heteroatoms. The molecule has 0 atom stereocenters. The summed E-state index contributed by atoms with van der Waals surface area (Å²) >= 11 is 0. The predicted octanol–water partition coefficient (Wildman–Crippen LogP) is -2.68. The maximum absolute atomic E-state index is 11.1. The zero-order valence-corrected chi connectivity index (χ0v) is 8.24. The zero-order chi connectivity index (χ0) is 11.4. The van der Waals surface area contributed by atoms with Crippen LogP contribution in [0.25, 0.3) is 0 Å². The van der Waals surface area contributed by atoms with E-state index in [1.165, 1.54) is 0 Å². The highest BCUT2D eigenvalue weighted by molar-refractivity contribution is 7.87. The molecule has 1 amide bonds. The molecule has 8 nitrogen and oxygen atoms in total. The Morgan fingerprint density at radius 3 is 2.21 bits per heavy atom. The fourth-order valence-electron chi connectivity index (χ4n) is 0.680. The van der Waals surface area contributed by atoms with Gasteiger partial charge in [0.25, 0.3) is 10.2 Å². The van der Waals surface area contributed by atoms with E-state index in [1.807, 2.05) is 4.72 Å². The molecular formula is C5H11N3O5S. The summed E-state index contributed by atoms with van der Waals surface area (Å²) in [6.45, 7) is -1.48. The van der Waals surface area contributed by atoms with E-state index in [0.717, 1.165) is 7.05 Å². The highest BCUT2D eigenvalue weighted by Gasteiger charge is 2.24. The lowest BCUT2D eigenvalue weighted by Crippen LogP contribution is -2.45. The number of carboxylic acids is 1. The number of carbonyl (C=O) groups is 2. The van der Waals surface area contributed by atoms with Crippen molar-refractivity contribution in [2.45, 2.75) is 0 Å². The second-order valence-electron chi connectivity index (χ2n) is 2.34. The number of hydrogen-bond acceptors (Lipinski definition) is 4. The first kappa shape index (κ1) is 12.8. The van der Waals surface area contributed by atoms with Crippen LogP contribution in [0.1, 0.15) is 0 Å². The Labute approximate surface area is 80.9 Å². The van der Waals surface area contributed by atoms with Crippen molar-refractivity contribution in [1.29, 1.82) is 0 Å². The summed E-state index contributed by atoms with van der Waals surface area (Å²) in [6, 6.07) is 0. The van der Waals surface area contributed by atoms with E-state index in [2.05, 4.69) is 0 Å². The van der Waals surface area contributed by atoms with E-state index in [1.54, 1.807) is 0 Å². The highest BCUT2D eigenvalue weighted by Crippen LogP contribution is 1.95. The van der Waals surface area contributed by atoms with E-state index in [0.29, 0.717) is 4.31 Å². The van der Waals surface area contributed by atoms with Crippen molar-refractivity contribution < 1.29 is 23.1 Å². The number of nitrogens with zero attached hydrogens (tertiary/aromatic N) is 1. The molecule has 0 aromatic heterocycles. The van der Waals surface area contributed by atoms with E-state index < -0.39 is 35.2 Å². The van der Waals surface area contributed by atoms with Crippen molar-refractivity contribution >= 4 is 22.1 Å². The molecule has 0 aliphatic heterocycles. The number of carboxylic acid groups (broad SMARTS) is 1. The van der Waals surface area contributed by atoms with Crippen molar-refractivity contribution in [2.75, 3.05) is 20.1 Å². The van der Waals surface area contributed by atoms with Gasteiger partial charge in [0.1, 0.15) is 6.54 Å². The lowest BCUT2D eigenvalue weighted by atomic mass is 10.5. The third-order valence-corrected chi connectivity index (χ3v) is 2.70. The van der Waals surface area contributed by atoms with Crippen LogP contribution in [0, 0.1) is 0 Å². The molecule has 0 spiro atoms. The average molecular weight is 225 g/mol. The summed E-state index contributed by atoms with van der Waals surface area (Å²) in [6.07, 6.45) is 0. The second-order valence-corrected chi connectivity index (χ2v) is 4.21. The number of carbonyl (C=O) groups excluding carboxylic acids is 1. The van der Waals surface area contributed by atoms with E-state index >= 15 is 0 Å². The monoisotopic (exact) mass is 225 g/mol. The van der Waals surface area contributed by atoms with Crippen LogP contribution in [0.2, 0.25) is 0 Å². The van der Waals surface area contributed by atoms with Crippen LogP contribution in [-0.4, -0.2) is 49.8 Å². The number of aliphatic carboxylic acids is 1. The summed E-state index contributed by atoms with van der Waals surface area (Å²) in [5.74, 6) is -2.30. The number of amides is 1. The Morgan fingerprint density at radius 1 is 1.43 bits per heavy atom. The van der Waals surface area contributed by atoms with Gasteiger partial charge in [-0.15, -0.1) is 0 Å². The third-order valence-electron chi connectivity index (χ3n) is 1.24. The molecule has 0 aromatic rings. The first-order valence-electron chi connectivity index (χ1n) is 3.48. The van der Waals surface area contributed by atoms with Crippen molar-refractivity contribution in [1.82, 2.24) is 9.03 Å². The van der Waals surface area contributed by atoms with Crippen molar-refractivity contribution in [3.05, 3.63) is 0 Å². The first-order valence-corrected chi connectivity index (χ1v) is 4.92. The summed E-state index contributed by atoms with van der Waals surface area (Å²) in [7, 11) is -2.85. The van der Waals surface area contributed by atoms with Crippen LogP contribution in [0.3, 0.4) is 0 Å². The van der Waals surface area contributed by atoms with Crippen molar-refractivity contribution in [2.24, 2.45) is 5.73 Å². The maximum Gasteiger partial charge on any atom is 0.318 e. The molecule has 4 N–H and O–H groups in total. The number of hydrogen-bond donors (Lipinski definition) is 3. The number of primary amides is 1. The van der Waals surface area contributed by atoms with Crippen molar-refractivity contribution in [3.63, 3.8) is 0 Å².